The van der Waals surface area contributed by atoms with Gasteiger partial charge in [0.05, 0.1) is 0 Å². The van der Waals surface area contributed by atoms with Gasteiger partial charge in [-0.2, -0.15) is 0 Å². The molecule has 2 nitrogen and oxygen atoms in total. The zero-order valence-corrected chi connectivity index (χ0v) is 13.5. The lowest BCUT2D eigenvalue weighted by atomic mass is 9.63. The number of rotatable bonds is 4. The van der Waals surface area contributed by atoms with E-state index in [-0.39, 0.29) is 0 Å². The van der Waals surface area contributed by atoms with Crippen molar-refractivity contribution in [2.75, 3.05) is 32.7 Å². The van der Waals surface area contributed by atoms with Crippen molar-refractivity contribution < 1.29 is 0 Å². The summed E-state index contributed by atoms with van der Waals surface area (Å²) in [6, 6.07) is 11.1. The Labute approximate surface area is 129 Å². The zero-order valence-electron chi connectivity index (χ0n) is 13.5. The smallest absolute Gasteiger partial charge is 0.00120 e. The molecule has 1 atom stereocenters. The predicted molar refractivity (Wildman–Crippen MR) is 89.5 cm³/mol. The molecule has 2 heterocycles. The SMILES string of the molecule is CCCN1CCC2(CCNCC2Cc2ccccc2)CC1. The van der Waals surface area contributed by atoms with Crippen LogP contribution in [0.4, 0.5) is 0 Å². The molecule has 1 aromatic rings. The summed E-state index contributed by atoms with van der Waals surface area (Å²) in [6.07, 6.45) is 6.74. The Balaban J connectivity index is 1.67. The summed E-state index contributed by atoms with van der Waals surface area (Å²) in [6.45, 7) is 8.66. The van der Waals surface area contributed by atoms with E-state index in [2.05, 4.69) is 47.5 Å². The van der Waals surface area contributed by atoms with Crippen LogP contribution >= 0.6 is 0 Å². The highest BCUT2D eigenvalue weighted by molar-refractivity contribution is 5.16. The maximum atomic E-state index is 3.65. The quantitative estimate of drug-likeness (QED) is 0.913. The van der Waals surface area contributed by atoms with E-state index < -0.39 is 0 Å². The average Bonchev–Trinajstić information content (AvgIpc) is 2.53. The first-order chi connectivity index (χ1) is 10.3. The minimum absolute atomic E-state index is 0.603. The van der Waals surface area contributed by atoms with Crippen molar-refractivity contribution in [2.45, 2.75) is 39.0 Å². The van der Waals surface area contributed by atoms with Crippen molar-refractivity contribution in [2.24, 2.45) is 11.3 Å². The molecule has 0 radical (unpaired) electrons. The fraction of sp³-hybridized carbons (Fsp3) is 0.684. The third-order valence-electron chi connectivity index (χ3n) is 5.77. The zero-order chi connectivity index (χ0) is 14.5. The molecule has 2 fully saturated rings. The second-order valence-corrected chi connectivity index (χ2v) is 7.04. The molecule has 3 rings (SSSR count). The van der Waals surface area contributed by atoms with Gasteiger partial charge in [0.1, 0.15) is 0 Å². The Kier molecular flexibility index (Phi) is 4.97. The van der Waals surface area contributed by atoms with Crippen molar-refractivity contribution in [1.82, 2.24) is 10.2 Å². The van der Waals surface area contributed by atoms with Gasteiger partial charge in [-0.1, -0.05) is 37.3 Å². The molecule has 0 amide bonds. The molecule has 0 aromatic heterocycles. The fourth-order valence-corrected chi connectivity index (χ4v) is 4.42. The minimum atomic E-state index is 0.603. The molecule has 0 bridgehead atoms. The van der Waals surface area contributed by atoms with Gasteiger partial charge in [0.15, 0.2) is 0 Å². The highest BCUT2D eigenvalue weighted by Gasteiger charge is 2.42. The number of nitrogens with zero attached hydrogens (tertiary/aromatic N) is 1. The van der Waals surface area contributed by atoms with Crippen molar-refractivity contribution in [3.8, 4) is 0 Å². The Morgan fingerprint density at radius 2 is 1.90 bits per heavy atom. The summed E-state index contributed by atoms with van der Waals surface area (Å²) in [4.78, 5) is 2.67. The minimum Gasteiger partial charge on any atom is -0.316 e. The topological polar surface area (TPSA) is 15.3 Å². The summed E-state index contributed by atoms with van der Waals surface area (Å²) in [7, 11) is 0. The molecule has 2 heteroatoms. The van der Waals surface area contributed by atoms with E-state index in [0.29, 0.717) is 5.41 Å². The second-order valence-electron chi connectivity index (χ2n) is 7.04. The molecule has 1 aromatic carbocycles. The first-order valence-corrected chi connectivity index (χ1v) is 8.79. The maximum Gasteiger partial charge on any atom is -0.00120 e. The molecule has 1 spiro atoms. The second kappa shape index (κ2) is 6.93. The van der Waals surface area contributed by atoms with Crippen molar-refractivity contribution in [1.29, 1.82) is 0 Å². The summed E-state index contributed by atoms with van der Waals surface area (Å²) in [5, 5.41) is 3.65. The van der Waals surface area contributed by atoms with Crippen molar-refractivity contribution in [3.05, 3.63) is 35.9 Å². The predicted octanol–water partition coefficient (Wildman–Crippen LogP) is 3.33. The summed E-state index contributed by atoms with van der Waals surface area (Å²) >= 11 is 0. The molecule has 116 valence electrons. The lowest BCUT2D eigenvalue weighted by Crippen LogP contribution is -2.51. The van der Waals surface area contributed by atoms with E-state index in [1.165, 1.54) is 70.4 Å². The molecule has 1 N–H and O–H groups in total. The van der Waals surface area contributed by atoms with Gasteiger partial charge in [-0.15, -0.1) is 0 Å². The van der Waals surface area contributed by atoms with Crippen LogP contribution in [-0.4, -0.2) is 37.6 Å². The van der Waals surface area contributed by atoms with Gasteiger partial charge in [-0.25, -0.2) is 0 Å². The number of piperidine rings is 2. The van der Waals surface area contributed by atoms with Gasteiger partial charge in [0.25, 0.3) is 0 Å². The Morgan fingerprint density at radius 3 is 2.62 bits per heavy atom. The highest BCUT2D eigenvalue weighted by Crippen LogP contribution is 2.44. The van der Waals surface area contributed by atoms with Gasteiger partial charge in [0.2, 0.25) is 0 Å². The van der Waals surface area contributed by atoms with E-state index in [1.54, 1.807) is 0 Å². The van der Waals surface area contributed by atoms with Crippen LogP contribution in [-0.2, 0) is 6.42 Å². The molecular formula is C19H30N2. The lowest BCUT2D eigenvalue weighted by Gasteiger charge is -2.49. The molecular weight excluding hydrogens is 256 g/mol. The number of benzene rings is 1. The number of nitrogens with one attached hydrogen (secondary N) is 1. The van der Waals surface area contributed by atoms with Gasteiger partial charge >= 0.3 is 0 Å². The fourth-order valence-electron chi connectivity index (χ4n) is 4.42. The van der Waals surface area contributed by atoms with Crippen molar-refractivity contribution >= 4 is 0 Å². The average molecular weight is 286 g/mol. The van der Waals surface area contributed by atoms with Crippen LogP contribution < -0.4 is 5.32 Å². The summed E-state index contributed by atoms with van der Waals surface area (Å²) in [5.41, 5.74) is 2.12. The van der Waals surface area contributed by atoms with E-state index in [1.807, 2.05) is 0 Å². The standard InChI is InChI=1S/C19H30N2/c1-2-12-21-13-9-19(10-14-21)8-11-20-16-18(19)15-17-6-4-3-5-7-17/h3-7,18,20H,2,8-16H2,1H3. The first kappa shape index (κ1) is 15.1. The van der Waals surface area contributed by atoms with E-state index in [0.717, 1.165) is 5.92 Å². The number of hydrogen-bond donors (Lipinski definition) is 1. The molecule has 21 heavy (non-hydrogen) atoms. The molecule has 0 aliphatic carbocycles. The Morgan fingerprint density at radius 1 is 1.14 bits per heavy atom. The molecule has 1 unspecified atom stereocenters. The monoisotopic (exact) mass is 286 g/mol. The Hall–Kier alpha value is -0.860. The van der Waals surface area contributed by atoms with Crippen LogP contribution in [0.15, 0.2) is 30.3 Å². The molecule has 0 saturated carbocycles. The van der Waals surface area contributed by atoms with Crippen LogP contribution in [0.2, 0.25) is 0 Å². The number of hydrogen-bond acceptors (Lipinski definition) is 2. The van der Waals surface area contributed by atoms with E-state index in [9.17, 15) is 0 Å². The summed E-state index contributed by atoms with van der Waals surface area (Å²) < 4.78 is 0. The third-order valence-corrected chi connectivity index (χ3v) is 5.77. The van der Waals surface area contributed by atoms with Crippen LogP contribution in [0.25, 0.3) is 0 Å². The van der Waals surface area contributed by atoms with Crippen molar-refractivity contribution in [3.63, 3.8) is 0 Å². The lowest BCUT2D eigenvalue weighted by molar-refractivity contribution is 0.0223. The van der Waals surface area contributed by atoms with Crippen LogP contribution in [0.1, 0.15) is 38.2 Å². The number of likely N-dealkylation sites (tertiary alicyclic amines) is 1. The van der Waals surface area contributed by atoms with Gasteiger partial charge in [-0.05, 0) is 81.7 Å². The maximum absolute atomic E-state index is 3.65. The van der Waals surface area contributed by atoms with Crippen LogP contribution in [0.5, 0.6) is 0 Å². The summed E-state index contributed by atoms with van der Waals surface area (Å²) in [5.74, 6) is 0.817. The third kappa shape index (κ3) is 3.49. The van der Waals surface area contributed by atoms with E-state index in [4.69, 9.17) is 0 Å². The van der Waals surface area contributed by atoms with E-state index >= 15 is 0 Å². The van der Waals surface area contributed by atoms with Gasteiger partial charge < -0.3 is 10.2 Å². The van der Waals surface area contributed by atoms with Gasteiger partial charge in [-0.3, -0.25) is 0 Å². The largest absolute Gasteiger partial charge is 0.316 e. The molecule has 2 saturated heterocycles. The van der Waals surface area contributed by atoms with Crippen LogP contribution in [0, 0.1) is 11.3 Å². The molecule has 2 aliphatic rings. The Bertz CT molecular complexity index is 420. The molecule has 2 aliphatic heterocycles. The van der Waals surface area contributed by atoms with Crippen LogP contribution in [0.3, 0.4) is 0 Å². The van der Waals surface area contributed by atoms with Gasteiger partial charge in [0, 0.05) is 0 Å². The normalized spacial score (nSPS) is 26.0. The highest BCUT2D eigenvalue weighted by atomic mass is 15.1. The first-order valence-electron chi connectivity index (χ1n) is 8.79.